The van der Waals surface area contributed by atoms with Crippen molar-refractivity contribution in [3.63, 3.8) is 0 Å². The van der Waals surface area contributed by atoms with Crippen LogP contribution in [0.4, 0.5) is 0 Å². The summed E-state index contributed by atoms with van der Waals surface area (Å²) < 4.78 is 13.6. The molecule has 0 aliphatic heterocycles. The standard InChI is InChI=1S/C7H12O2.C6H10O3.C5H8O2/c1-3-5-6-9-7(8)4-2;1-5(2)6(8)9-4-3-7;1-3-5(6)7-4-2/h4H,2-3,5-6H2,1H3;7H,1,3-4H2,2H3;3H,1,4H2,2H3. The first-order valence-corrected chi connectivity index (χ1v) is 7.82. The van der Waals surface area contributed by atoms with E-state index in [-0.39, 0.29) is 25.2 Å². The highest BCUT2D eigenvalue weighted by Gasteiger charge is 1.99. The van der Waals surface area contributed by atoms with E-state index in [2.05, 4.69) is 33.9 Å². The van der Waals surface area contributed by atoms with E-state index in [0.29, 0.717) is 18.8 Å². The maximum atomic E-state index is 10.5. The van der Waals surface area contributed by atoms with Crippen LogP contribution in [-0.2, 0) is 28.6 Å². The van der Waals surface area contributed by atoms with Gasteiger partial charge in [-0.05, 0) is 20.3 Å². The fourth-order valence-electron chi connectivity index (χ4n) is 0.839. The second kappa shape index (κ2) is 21.6. The zero-order valence-electron chi connectivity index (χ0n) is 15.4. The highest BCUT2D eigenvalue weighted by Crippen LogP contribution is 1.90. The number of ether oxygens (including phenoxy) is 3. The number of aliphatic hydroxyl groups is 1. The Bertz CT molecular complexity index is 412. The van der Waals surface area contributed by atoms with Crippen molar-refractivity contribution in [3.8, 4) is 0 Å². The number of carbonyl (C=O) groups is 3. The fraction of sp³-hybridized carbons (Fsp3) is 0.500. The summed E-state index contributed by atoms with van der Waals surface area (Å²) in [6.45, 7) is 16.0. The molecule has 0 spiro atoms. The summed E-state index contributed by atoms with van der Waals surface area (Å²) in [5, 5.41) is 8.19. The van der Waals surface area contributed by atoms with Crippen molar-refractivity contribution in [3.05, 3.63) is 37.5 Å². The maximum absolute atomic E-state index is 10.5. The van der Waals surface area contributed by atoms with Crippen molar-refractivity contribution in [2.24, 2.45) is 0 Å². The molecule has 0 saturated carbocycles. The molecule has 0 rings (SSSR count). The molecule has 1 N–H and O–H groups in total. The summed E-state index contributed by atoms with van der Waals surface area (Å²) in [6.07, 6.45) is 4.29. The molecule has 0 aliphatic rings. The van der Waals surface area contributed by atoms with Crippen molar-refractivity contribution in [2.45, 2.75) is 33.6 Å². The molecule has 7 nitrogen and oxygen atoms in total. The molecule has 0 atom stereocenters. The van der Waals surface area contributed by atoms with Gasteiger partial charge in [-0.25, -0.2) is 14.4 Å². The molecule has 0 aromatic heterocycles. The molecule has 0 amide bonds. The second-order valence-electron chi connectivity index (χ2n) is 4.32. The average Bonchev–Trinajstić information content (AvgIpc) is 2.60. The van der Waals surface area contributed by atoms with Gasteiger partial charge in [0.2, 0.25) is 0 Å². The number of carbonyl (C=O) groups excluding carboxylic acids is 3. The molecular formula is C18H30O7. The van der Waals surface area contributed by atoms with E-state index < -0.39 is 5.97 Å². The Morgan fingerprint density at radius 3 is 1.80 bits per heavy atom. The van der Waals surface area contributed by atoms with Gasteiger partial charge < -0.3 is 19.3 Å². The summed E-state index contributed by atoms with van der Waals surface area (Å²) in [4.78, 5) is 30.9. The zero-order valence-corrected chi connectivity index (χ0v) is 15.4. The van der Waals surface area contributed by atoms with Gasteiger partial charge in [0, 0.05) is 17.7 Å². The van der Waals surface area contributed by atoms with Gasteiger partial charge in [-0.3, -0.25) is 0 Å². The Kier molecular flexibility index (Phi) is 23.7. The van der Waals surface area contributed by atoms with Crippen molar-refractivity contribution >= 4 is 17.9 Å². The van der Waals surface area contributed by atoms with Crippen molar-refractivity contribution in [2.75, 3.05) is 26.4 Å². The van der Waals surface area contributed by atoms with Gasteiger partial charge in [0.15, 0.2) is 0 Å². The Labute approximate surface area is 150 Å². The molecular weight excluding hydrogens is 328 g/mol. The summed E-state index contributed by atoms with van der Waals surface area (Å²) in [7, 11) is 0. The largest absolute Gasteiger partial charge is 0.463 e. The summed E-state index contributed by atoms with van der Waals surface area (Å²) in [5.74, 6) is -1.14. The number of hydrogen-bond donors (Lipinski definition) is 1. The van der Waals surface area contributed by atoms with Crippen LogP contribution in [0.5, 0.6) is 0 Å². The van der Waals surface area contributed by atoms with Crippen LogP contribution in [0.15, 0.2) is 37.5 Å². The third-order valence-corrected chi connectivity index (χ3v) is 2.04. The smallest absolute Gasteiger partial charge is 0.333 e. The third-order valence-electron chi connectivity index (χ3n) is 2.04. The lowest BCUT2D eigenvalue weighted by atomic mass is 10.4. The summed E-state index contributed by atoms with van der Waals surface area (Å²) >= 11 is 0. The number of unbranched alkanes of at least 4 members (excludes halogenated alkanes) is 1. The van der Waals surface area contributed by atoms with Crippen molar-refractivity contribution in [1.29, 1.82) is 0 Å². The minimum atomic E-state index is -0.455. The Balaban J connectivity index is -0.000000293. The van der Waals surface area contributed by atoms with Crippen LogP contribution in [0.25, 0.3) is 0 Å². The molecule has 0 aliphatic carbocycles. The lowest BCUT2D eigenvalue weighted by molar-refractivity contribution is -0.140. The number of rotatable bonds is 9. The molecule has 0 bridgehead atoms. The number of aliphatic hydroxyl groups excluding tert-OH is 1. The van der Waals surface area contributed by atoms with E-state index in [1.807, 2.05) is 6.92 Å². The highest BCUT2D eigenvalue weighted by atomic mass is 16.5. The third kappa shape index (κ3) is 26.8. The first-order chi connectivity index (χ1) is 11.8. The van der Waals surface area contributed by atoms with Gasteiger partial charge in [-0.2, -0.15) is 0 Å². The monoisotopic (exact) mass is 358 g/mol. The molecule has 144 valence electrons. The predicted octanol–water partition coefficient (Wildman–Crippen LogP) is 2.35. The Morgan fingerprint density at radius 2 is 1.48 bits per heavy atom. The minimum Gasteiger partial charge on any atom is -0.463 e. The zero-order chi connectivity index (χ0) is 20.1. The average molecular weight is 358 g/mol. The van der Waals surface area contributed by atoms with Gasteiger partial charge >= 0.3 is 17.9 Å². The SMILES string of the molecule is C=C(C)C(=O)OCCO.C=CC(=O)OCC.C=CC(=O)OCCCC. The van der Waals surface area contributed by atoms with Crippen LogP contribution in [0, 0.1) is 0 Å². The van der Waals surface area contributed by atoms with Gasteiger partial charge in [-0.15, -0.1) is 0 Å². The predicted molar refractivity (Wildman–Crippen MR) is 95.8 cm³/mol. The topological polar surface area (TPSA) is 99.1 Å². The van der Waals surface area contributed by atoms with Crippen LogP contribution in [0.2, 0.25) is 0 Å². The van der Waals surface area contributed by atoms with Gasteiger partial charge in [0.1, 0.15) is 6.61 Å². The Hall–Kier alpha value is -2.41. The second-order valence-corrected chi connectivity index (χ2v) is 4.32. The summed E-state index contributed by atoms with van der Waals surface area (Å²) in [5.41, 5.74) is 0.350. The van der Waals surface area contributed by atoms with Crippen molar-refractivity contribution < 1.29 is 33.7 Å². The van der Waals surface area contributed by atoms with E-state index in [9.17, 15) is 14.4 Å². The molecule has 25 heavy (non-hydrogen) atoms. The highest BCUT2D eigenvalue weighted by molar-refractivity contribution is 5.86. The molecule has 0 aromatic rings. The molecule has 0 aromatic carbocycles. The van der Waals surface area contributed by atoms with Crippen LogP contribution in [0.3, 0.4) is 0 Å². The minimum absolute atomic E-state index is 0.0473. The lowest BCUT2D eigenvalue weighted by Gasteiger charge is -1.99. The number of hydrogen-bond acceptors (Lipinski definition) is 7. The molecule has 0 unspecified atom stereocenters. The van der Waals surface area contributed by atoms with Crippen LogP contribution >= 0.6 is 0 Å². The van der Waals surface area contributed by atoms with Gasteiger partial charge in [-0.1, -0.05) is 33.1 Å². The van der Waals surface area contributed by atoms with E-state index in [0.717, 1.165) is 18.9 Å². The van der Waals surface area contributed by atoms with E-state index in [1.165, 1.54) is 6.08 Å². The quantitative estimate of drug-likeness (QED) is 0.292. The van der Waals surface area contributed by atoms with Gasteiger partial charge in [0.05, 0.1) is 19.8 Å². The fourth-order valence-corrected chi connectivity index (χ4v) is 0.839. The maximum Gasteiger partial charge on any atom is 0.333 e. The molecule has 0 saturated heterocycles. The first-order valence-electron chi connectivity index (χ1n) is 7.82. The Morgan fingerprint density at radius 1 is 0.960 bits per heavy atom. The molecule has 0 heterocycles. The number of esters is 3. The molecule has 0 radical (unpaired) electrons. The van der Waals surface area contributed by atoms with Crippen LogP contribution in [-0.4, -0.2) is 49.4 Å². The molecule has 0 fully saturated rings. The van der Waals surface area contributed by atoms with Crippen LogP contribution < -0.4 is 0 Å². The normalized spacial score (nSPS) is 8.32. The lowest BCUT2D eigenvalue weighted by Crippen LogP contribution is -2.08. The van der Waals surface area contributed by atoms with E-state index in [4.69, 9.17) is 5.11 Å². The van der Waals surface area contributed by atoms with E-state index in [1.54, 1.807) is 13.8 Å². The molecule has 7 heteroatoms. The van der Waals surface area contributed by atoms with Gasteiger partial charge in [0.25, 0.3) is 0 Å². The van der Waals surface area contributed by atoms with Crippen LogP contribution in [0.1, 0.15) is 33.6 Å². The first kappa shape index (κ1) is 27.4. The summed E-state index contributed by atoms with van der Waals surface area (Å²) in [6, 6.07) is 0. The van der Waals surface area contributed by atoms with Crippen molar-refractivity contribution in [1.82, 2.24) is 0 Å². The van der Waals surface area contributed by atoms with E-state index >= 15 is 0 Å².